The average Bonchev–Trinajstić information content (AvgIpc) is 3.42. The van der Waals surface area contributed by atoms with Gasteiger partial charge in [0.15, 0.2) is 5.84 Å². The molecule has 196 valence electrons. The Labute approximate surface area is 235 Å². The molecule has 3 nitrogen and oxygen atoms in total. The summed E-state index contributed by atoms with van der Waals surface area (Å²) >= 11 is -1.62. The van der Waals surface area contributed by atoms with Gasteiger partial charge in [0.2, 0.25) is 0 Å². The number of amidine groups is 1. The quantitative estimate of drug-likeness (QED) is 0.136. The molecule has 0 bridgehead atoms. The average molecular weight is 607 g/mol. The van der Waals surface area contributed by atoms with E-state index in [4.69, 9.17) is 39.9 Å². The van der Waals surface area contributed by atoms with E-state index < -0.39 is 19.5 Å². The van der Waals surface area contributed by atoms with E-state index in [1.165, 1.54) is 22.8 Å². The standard InChI is InChI=1S/C24H29N2P.C4H7O.3ClH.Cr/c1-17(2)27(18(3)4)26-24(21-15-13-19(5)14-16-21)25-23-12-8-10-20-9-6-7-11-22(20)23;1-2-4-5-3-1;;;;/h6-18H,1-5H3,(H,25,26);3H,1-2,4H2;3*1H;/q;-1;;;;+4/p-2. The summed E-state index contributed by atoms with van der Waals surface area (Å²) in [5.74, 6) is 0.989. The number of benzene rings is 3. The molecule has 0 aromatic heterocycles. The van der Waals surface area contributed by atoms with Gasteiger partial charge < -0.3 is 4.74 Å². The van der Waals surface area contributed by atoms with Crippen molar-refractivity contribution in [1.82, 2.24) is 5.09 Å². The molecule has 1 saturated heterocycles. The first-order chi connectivity index (χ1) is 17.2. The first kappa shape index (κ1) is 31.4. The van der Waals surface area contributed by atoms with Crippen molar-refractivity contribution in [2.24, 2.45) is 4.99 Å². The van der Waals surface area contributed by atoms with Gasteiger partial charge in [-0.15, -0.1) is 0 Å². The number of ether oxygens (including phenoxy) is 1. The molecule has 1 heterocycles. The summed E-state index contributed by atoms with van der Waals surface area (Å²) in [4.78, 5) is 5.12. The molecule has 0 spiro atoms. The third-order valence-electron chi connectivity index (χ3n) is 5.53. The van der Waals surface area contributed by atoms with Crippen LogP contribution in [0.4, 0.5) is 5.69 Å². The number of nitrogens with zero attached hydrogens (tertiary/aromatic N) is 1. The van der Waals surface area contributed by atoms with Crippen molar-refractivity contribution in [1.29, 1.82) is 0 Å². The fourth-order valence-corrected chi connectivity index (χ4v) is 6.20. The van der Waals surface area contributed by atoms with Gasteiger partial charge in [-0.05, 0) is 46.1 Å². The molecule has 0 saturated carbocycles. The van der Waals surface area contributed by atoms with Crippen molar-refractivity contribution < 1.29 is 16.1 Å². The van der Waals surface area contributed by atoms with Crippen LogP contribution in [-0.4, -0.2) is 23.8 Å². The van der Waals surface area contributed by atoms with E-state index in [1.54, 1.807) is 0 Å². The van der Waals surface area contributed by atoms with E-state index in [0.717, 1.165) is 30.1 Å². The van der Waals surface area contributed by atoms with Crippen LogP contribution in [0.1, 0.15) is 51.7 Å². The Balaban J connectivity index is 0.000000429. The van der Waals surface area contributed by atoms with Gasteiger partial charge in [0.1, 0.15) is 0 Å². The molecule has 1 fully saturated rings. The van der Waals surface area contributed by atoms with E-state index >= 15 is 0 Å². The van der Waals surface area contributed by atoms with Crippen molar-refractivity contribution in [3.05, 3.63) is 84.5 Å². The minimum absolute atomic E-state index is 0.623. The molecule has 1 N–H and O–H groups in total. The van der Waals surface area contributed by atoms with Gasteiger partial charge in [0, 0.05) is 17.6 Å². The van der Waals surface area contributed by atoms with Gasteiger partial charge in [-0.3, -0.25) is 0 Å². The van der Waals surface area contributed by atoms with Crippen LogP contribution in [0, 0.1) is 13.5 Å². The SMILES string of the molecule is Cc1ccc(C(=Nc2cccc3ccccc23)N[PH+](C(C)C)C(C)C)cc1.[CH-]1CCCO1.[Cl][Cr+]([Cl])[Cl]. The molecule has 3 aromatic carbocycles. The monoisotopic (exact) mass is 605 g/mol. The number of nitrogens with one attached hydrogen (secondary N) is 1. The van der Waals surface area contributed by atoms with Crippen LogP contribution in [0.25, 0.3) is 10.8 Å². The number of rotatable bonds is 5. The second kappa shape index (κ2) is 16.9. The van der Waals surface area contributed by atoms with Crippen molar-refractivity contribution in [3.8, 4) is 0 Å². The van der Waals surface area contributed by atoms with Crippen LogP contribution in [0.15, 0.2) is 71.7 Å². The van der Waals surface area contributed by atoms with Crippen molar-refractivity contribution in [2.45, 2.75) is 58.8 Å². The molecule has 1 aliphatic rings. The zero-order chi connectivity index (χ0) is 26.5. The summed E-state index contributed by atoms with van der Waals surface area (Å²) in [6, 6.07) is 23.5. The molecule has 3 aromatic rings. The number of aliphatic imine (C=N–C) groups is 1. The summed E-state index contributed by atoms with van der Waals surface area (Å²) in [5, 5.41) is 6.27. The molecule has 0 unspecified atom stereocenters. The molecule has 0 radical (unpaired) electrons. The maximum absolute atomic E-state index is 5.12. The van der Waals surface area contributed by atoms with Crippen LogP contribution < -0.4 is 5.09 Å². The fraction of sp³-hybridized carbons (Fsp3) is 0.357. The summed E-state index contributed by atoms with van der Waals surface area (Å²) < 4.78 is 4.82. The van der Waals surface area contributed by atoms with Crippen LogP contribution in [0.5, 0.6) is 0 Å². The Morgan fingerprint density at radius 1 is 0.944 bits per heavy atom. The summed E-state index contributed by atoms with van der Waals surface area (Å²) in [7, 11) is 14.0. The van der Waals surface area contributed by atoms with Crippen LogP contribution in [-0.2, 0) is 16.1 Å². The molecular weight excluding hydrogens is 570 g/mol. The second-order valence-corrected chi connectivity index (χ2v) is 18.9. The zero-order valence-corrected chi connectivity index (χ0v) is 26.1. The minimum atomic E-state index is -1.62. The summed E-state index contributed by atoms with van der Waals surface area (Å²) in [6.45, 7) is 14.2. The van der Waals surface area contributed by atoms with E-state index in [9.17, 15) is 0 Å². The third-order valence-corrected chi connectivity index (χ3v) is 8.55. The topological polar surface area (TPSA) is 33.6 Å². The first-order valence-electron chi connectivity index (χ1n) is 12.1. The third kappa shape index (κ3) is 11.3. The fourth-order valence-electron chi connectivity index (χ4n) is 3.81. The molecule has 0 aliphatic carbocycles. The van der Waals surface area contributed by atoms with Gasteiger partial charge in [-0.25, -0.2) is 16.7 Å². The zero-order valence-electron chi connectivity index (χ0n) is 21.6. The Hall–Kier alpha value is -0.818. The maximum atomic E-state index is 5.12. The van der Waals surface area contributed by atoms with Crippen LogP contribution in [0.2, 0.25) is 0 Å². The van der Waals surface area contributed by atoms with Gasteiger partial charge in [-0.1, -0.05) is 72.6 Å². The first-order valence-corrected chi connectivity index (χ1v) is 19.0. The van der Waals surface area contributed by atoms with Gasteiger partial charge in [0.25, 0.3) is 0 Å². The number of hydrogen-bond acceptors (Lipinski definition) is 2. The van der Waals surface area contributed by atoms with E-state index in [2.05, 4.69) is 106 Å². The number of fused-ring (bicyclic) bond motifs is 1. The molecule has 0 atom stereocenters. The van der Waals surface area contributed by atoms with E-state index in [-0.39, 0.29) is 0 Å². The predicted molar refractivity (Wildman–Crippen MR) is 160 cm³/mol. The molecule has 4 rings (SSSR count). The Bertz CT molecular complexity index is 1050. The molecular formula is C28H37Cl3CrN2OP+. The van der Waals surface area contributed by atoms with E-state index in [1.807, 2.05) is 6.61 Å². The molecule has 1 aliphatic heterocycles. The Kier molecular flexibility index (Phi) is 14.7. The summed E-state index contributed by atoms with van der Waals surface area (Å²) in [6.07, 6.45) is 2.38. The van der Waals surface area contributed by atoms with Gasteiger partial charge in [0.05, 0.1) is 25.1 Å². The number of hydrogen-bond donors (Lipinski definition) is 1. The van der Waals surface area contributed by atoms with Crippen LogP contribution in [0.3, 0.4) is 0 Å². The van der Waals surface area contributed by atoms with Crippen molar-refractivity contribution in [3.63, 3.8) is 0 Å². The Morgan fingerprint density at radius 3 is 2.08 bits per heavy atom. The Morgan fingerprint density at radius 2 is 1.56 bits per heavy atom. The van der Waals surface area contributed by atoms with Gasteiger partial charge >= 0.3 is 41.5 Å². The molecule has 36 heavy (non-hydrogen) atoms. The number of halogens is 3. The predicted octanol–water partition coefficient (Wildman–Crippen LogP) is 9.79. The normalized spacial score (nSPS) is 13.6. The molecule has 8 heteroatoms. The second-order valence-electron chi connectivity index (χ2n) is 9.07. The number of aryl methyl sites for hydroxylation is 1. The van der Waals surface area contributed by atoms with Gasteiger partial charge in [-0.2, -0.15) is 6.42 Å². The molecule has 0 amide bonds. The van der Waals surface area contributed by atoms with Crippen molar-refractivity contribution in [2.75, 3.05) is 6.61 Å². The van der Waals surface area contributed by atoms with E-state index in [0.29, 0.717) is 11.3 Å². The van der Waals surface area contributed by atoms with Crippen LogP contribution >= 0.6 is 38.2 Å². The summed E-state index contributed by atoms with van der Waals surface area (Å²) in [5.41, 5.74) is 4.68. The van der Waals surface area contributed by atoms with Crippen molar-refractivity contribution >= 4 is 60.5 Å².